The molecular weight excluding hydrogens is 264 g/mol. The van der Waals surface area contributed by atoms with E-state index in [1.165, 1.54) is 11.1 Å². The van der Waals surface area contributed by atoms with E-state index in [0.717, 1.165) is 32.5 Å². The van der Waals surface area contributed by atoms with Gasteiger partial charge >= 0.3 is 5.97 Å². The molecule has 0 radical (unpaired) electrons. The van der Waals surface area contributed by atoms with Crippen LogP contribution in [0, 0.1) is 5.92 Å². The number of ether oxygens (including phenoxy) is 1. The average Bonchev–Trinajstić information content (AvgIpc) is 2.86. The molecule has 0 saturated carbocycles. The molecule has 1 aromatic carbocycles. The second-order valence-corrected chi connectivity index (χ2v) is 6.86. The first-order valence-electron chi connectivity index (χ1n) is 7.93. The Bertz CT molecular complexity index is 539. The molecule has 4 heteroatoms. The summed E-state index contributed by atoms with van der Waals surface area (Å²) >= 11 is 0. The van der Waals surface area contributed by atoms with Crippen LogP contribution in [0.4, 0.5) is 0 Å². The summed E-state index contributed by atoms with van der Waals surface area (Å²) in [6.07, 6.45) is 3.54. The summed E-state index contributed by atoms with van der Waals surface area (Å²) in [5.41, 5.74) is 7.89. The first kappa shape index (κ1) is 13.3. The maximum Gasteiger partial charge on any atom is 0.327 e. The Morgan fingerprint density at radius 2 is 1.81 bits per heavy atom. The van der Waals surface area contributed by atoms with Gasteiger partial charge in [0.2, 0.25) is 0 Å². The fourth-order valence-electron chi connectivity index (χ4n) is 4.09. The molecule has 4 aliphatic rings. The van der Waals surface area contributed by atoms with E-state index in [9.17, 15) is 4.79 Å². The fourth-order valence-corrected chi connectivity index (χ4v) is 4.09. The first-order valence-corrected chi connectivity index (χ1v) is 7.93. The summed E-state index contributed by atoms with van der Waals surface area (Å²) in [5.74, 6) is 0.323. The molecule has 0 spiro atoms. The van der Waals surface area contributed by atoms with Crippen molar-refractivity contribution in [2.24, 2.45) is 11.7 Å². The van der Waals surface area contributed by atoms with E-state index in [1.807, 2.05) is 12.1 Å². The van der Waals surface area contributed by atoms with Gasteiger partial charge in [0.1, 0.15) is 11.6 Å². The number of rotatable bonds is 2. The third kappa shape index (κ3) is 2.27. The predicted octanol–water partition coefficient (Wildman–Crippen LogP) is 1.12. The van der Waals surface area contributed by atoms with Crippen LogP contribution in [-0.4, -0.2) is 42.1 Å². The summed E-state index contributed by atoms with van der Waals surface area (Å²) in [6.45, 7) is 3.19. The van der Waals surface area contributed by atoms with Gasteiger partial charge < -0.3 is 10.5 Å². The van der Waals surface area contributed by atoms with Crippen molar-refractivity contribution in [1.82, 2.24) is 4.90 Å². The Hall–Kier alpha value is -1.39. The summed E-state index contributed by atoms with van der Waals surface area (Å²) in [6, 6.07) is 8.13. The van der Waals surface area contributed by atoms with Gasteiger partial charge in [-0.3, -0.25) is 9.69 Å². The van der Waals surface area contributed by atoms with Crippen molar-refractivity contribution in [2.45, 2.75) is 37.3 Å². The van der Waals surface area contributed by atoms with Gasteiger partial charge in [-0.15, -0.1) is 0 Å². The standard InChI is InChI=1S/C17H22N2O2/c18-17(9-13-3-1-2-4-14(13)10-17)16(20)21-15-11-19-7-5-12(15)6-8-19/h1-4,12,15H,5-11,18H2. The van der Waals surface area contributed by atoms with Crippen molar-refractivity contribution in [3.05, 3.63) is 35.4 Å². The SMILES string of the molecule is NC1(C(=O)OC2CN3CCC2CC3)Cc2ccccc2C1. The monoisotopic (exact) mass is 286 g/mol. The van der Waals surface area contributed by atoms with Crippen LogP contribution in [0.25, 0.3) is 0 Å². The van der Waals surface area contributed by atoms with Gasteiger partial charge in [0.15, 0.2) is 0 Å². The molecule has 5 rings (SSSR count). The van der Waals surface area contributed by atoms with Crippen LogP contribution >= 0.6 is 0 Å². The molecule has 1 unspecified atom stereocenters. The predicted molar refractivity (Wildman–Crippen MR) is 79.8 cm³/mol. The lowest BCUT2D eigenvalue weighted by Gasteiger charge is -2.44. The summed E-state index contributed by atoms with van der Waals surface area (Å²) in [5, 5.41) is 0. The lowest BCUT2D eigenvalue weighted by Crippen LogP contribution is -2.56. The van der Waals surface area contributed by atoms with Gasteiger partial charge in [0, 0.05) is 19.4 Å². The minimum Gasteiger partial charge on any atom is -0.459 e. The Morgan fingerprint density at radius 3 is 2.33 bits per heavy atom. The van der Waals surface area contributed by atoms with E-state index >= 15 is 0 Å². The highest BCUT2D eigenvalue weighted by Crippen LogP contribution is 2.33. The first-order chi connectivity index (χ1) is 10.1. The van der Waals surface area contributed by atoms with Crippen LogP contribution in [0.5, 0.6) is 0 Å². The maximum atomic E-state index is 12.6. The molecule has 3 saturated heterocycles. The number of carbonyl (C=O) groups is 1. The Morgan fingerprint density at radius 1 is 1.19 bits per heavy atom. The molecule has 1 aromatic rings. The number of hydrogen-bond acceptors (Lipinski definition) is 4. The van der Waals surface area contributed by atoms with E-state index in [1.54, 1.807) is 0 Å². The minimum atomic E-state index is -0.865. The van der Waals surface area contributed by atoms with E-state index in [-0.39, 0.29) is 12.1 Å². The van der Waals surface area contributed by atoms with Crippen molar-refractivity contribution >= 4 is 5.97 Å². The quantitative estimate of drug-likeness (QED) is 0.828. The number of esters is 1. The molecule has 0 amide bonds. The Labute approximate surface area is 125 Å². The molecule has 4 nitrogen and oxygen atoms in total. The van der Waals surface area contributed by atoms with Gasteiger partial charge in [-0.25, -0.2) is 0 Å². The van der Waals surface area contributed by atoms with Gasteiger partial charge in [0.05, 0.1) is 0 Å². The van der Waals surface area contributed by atoms with Gasteiger partial charge in [-0.1, -0.05) is 24.3 Å². The summed E-state index contributed by atoms with van der Waals surface area (Å²) in [7, 11) is 0. The van der Waals surface area contributed by atoms with Gasteiger partial charge in [-0.2, -0.15) is 0 Å². The number of nitrogens with two attached hydrogens (primary N) is 1. The van der Waals surface area contributed by atoms with E-state index in [0.29, 0.717) is 18.8 Å². The van der Waals surface area contributed by atoms with Crippen LogP contribution in [0.1, 0.15) is 24.0 Å². The minimum absolute atomic E-state index is 0.0455. The van der Waals surface area contributed by atoms with Crippen LogP contribution in [0.2, 0.25) is 0 Å². The second kappa shape index (κ2) is 4.82. The van der Waals surface area contributed by atoms with Crippen molar-refractivity contribution in [3.63, 3.8) is 0 Å². The zero-order valence-electron chi connectivity index (χ0n) is 12.3. The zero-order valence-corrected chi connectivity index (χ0v) is 12.3. The number of piperidine rings is 3. The molecule has 112 valence electrons. The normalized spacial score (nSPS) is 32.7. The molecule has 3 heterocycles. The highest BCUT2D eigenvalue weighted by molar-refractivity contribution is 5.83. The zero-order chi connectivity index (χ0) is 14.4. The maximum absolute atomic E-state index is 12.6. The van der Waals surface area contributed by atoms with Crippen LogP contribution in [0.3, 0.4) is 0 Å². The van der Waals surface area contributed by atoms with Crippen LogP contribution < -0.4 is 5.73 Å². The van der Waals surface area contributed by atoms with Gasteiger partial charge in [0.25, 0.3) is 0 Å². The van der Waals surface area contributed by atoms with E-state index in [2.05, 4.69) is 17.0 Å². The number of nitrogens with zero attached hydrogens (tertiary/aromatic N) is 1. The molecule has 2 bridgehead atoms. The Kier molecular flexibility index (Phi) is 3.05. The highest BCUT2D eigenvalue weighted by Gasteiger charge is 2.44. The summed E-state index contributed by atoms with van der Waals surface area (Å²) in [4.78, 5) is 15.0. The van der Waals surface area contributed by atoms with Gasteiger partial charge in [-0.05, 0) is 43.0 Å². The van der Waals surface area contributed by atoms with E-state index in [4.69, 9.17) is 10.5 Å². The number of benzene rings is 1. The van der Waals surface area contributed by atoms with Crippen molar-refractivity contribution in [1.29, 1.82) is 0 Å². The van der Waals surface area contributed by atoms with Crippen LogP contribution in [-0.2, 0) is 22.4 Å². The molecule has 2 N–H and O–H groups in total. The third-order valence-corrected chi connectivity index (χ3v) is 5.39. The average molecular weight is 286 g/mol. The fraction of sp³-hybridized carbons (Fsp3) is 0.588. The summed E-state index contributed by atoms with van der Waals surface area (Å²) < 4.78 is 5.84. The number of hydrogen-bond donors (Lipinski definition) is 1. The molecule has 1 aliphatic carbocycles. The Balaban J connectivity index is 1.46. The van der Waals surface area contributed by atoms with Crippen molar-refractivity contribution in [3.8, 4) is 0 Å². The molecule has 3 aliphatic heterocycles. The van der Waals surface area contributed by atoms with E-state index < -0.39 is 5.54 Å². The molecular formula is C17H22N2O2. The highest BCUT2D eigenvalue weighted by atomic mass is 16.5. The van der Waals surface area contributed by atoms with Crippen LogP contribution in [0.15, 0.2) is 24.3 Å². The lowest BCUT2D eigenvalue weighted by molar-refractivity contribution is -0.165. The lowest BCUT2D eigenvalue weighted by atomic mass is 9.85. The molecule has 3 fully saturated rings. The topological polar surface area (TPSA) is 55.6 Å². The second-order valence-electron chi connectivity index (χ2n) is 6.86. The number of carbonyl (C=O) groups excluding carboxylic acids is 1. The third-order valence-electron chi connectivity index (χ3n) is 5.39. The van der Waals surface area contributed by atoms with Crippen molar-refractivity contribution in [2.75, 3.05) is 19.6 Å². The smallest absolute Gasteiger partial charge is 0.327 e. The molecule has 1 atom stereocenters. The largest absolute Gasteiger partial charge is 0.459 e. The molecule has 21 heavy (non-hydrogen) atoms. The van der Waals surface area contributed by atoms with Crippen molar-refractivity contribution < 1.29 is 9.53 Å². The number of fused-ring (bicyclic) bond motifs is 4. The molecule has 0 aromatic heterocycles.